The third-order valence-electron chi connectivity index (χ3n) is 6.84. The lowest BCUT2D eigenvalue weighted by atomic mass is 9.93. The first-order valence-electron chi connectivity index (χ1n) is 12.7. The molecule has 3 aromatic rings. The van der Waals surface area contributed by atoms with Gasteiger partial charge in [0, 0.05) is 5.56 Å². The van der Waals surface area contributed by atoms with Crippen molar-refractivity contribution in [3.63, 3.8) is 0 Å². The molecule has 2 aliphatic rings. The van der Waals surface area contributed by atoms with Crippen molar-refractivity contribution in [3.8, 4) is 44.9 Å². The van der Waals surface area contributed by atoms with Gasteiger partial charge in [-0.15, -0.1) is 10.2 Å². The van der Waals surface area contributed by atoms with E-state index in [4.69, 9.17) is 23.1 Å². The number of benzene rings is 2. The summed E-state index contributed by atoms with van der Waals surface area (Å²) in [5, 5.41) is 0. The molecule has 0 aliphatic heterocycles. The average Bonchev–Trinajstić information content (AvgIpc) is 3.10. The summed E-state index contributed by atoms with van der Waals surface area (Å²) in [6.45, 7) is 11.2. The Balaban J connectivity index is 0.000000648. The van der Waals surface area contributed by atoms with Crippen molar-refractivity contribution in [2.45, 2.75) is 40.5 Å². The molecule has 0 unspecified atom stereocenters. The molecule has 0 saturated carbocycles. The van der Waals surface area contributed by atoms with Gasteiger partial charge in [-0.05, 0) is 84.3 Å². The lowest BCUT2D eigenvalue weighted by molar-refractivity contribution is -2.00. The van der Waals surface area contributed by atoms with Gasteiger partial charge in [0.25, 0.3) is 0 Å². The average molecular weight is 543 g/mol. The van der Waals surface area contributed by atoms with E-state index >= 15 is 0 Å². The summed E-state index contributed by atoms with van der Waals surface area (Å²) in [5.41, 5.74) is 12.5. The molecule has 0 atom stereocenters. The van der Waals surface area contributed by atoms with E-state index in [0.717, 1.165) is 28.2 Å². The standard InChI is InChI=1S/C33H31O.ClHO4/c1-21(2)27-17-16-22(3)32-28(19-27)23(4)18-30(32)29-20-31(25-12-8-6-9-13-25)34-33(24(29)5)26-14-10-7-11-15-26;2-1(3,4)5/h6-21H,1-5H3;(H,2,3,4,5)/q+1;/p-1. The number of aryl methyl sites for hydroxylation is 2. The second-order valence-corrected chi connectivity index (χ2v) is 10.7. The summed E-state index contributed by atoms with van der Waals surface area (Å²) >= 11 is 0. The van der Waals surface area contributed by atoms with Crippen LogP contribution in [-0.2, 0) is 0 Å². The highest BCUT2D eigenvalue weighted by Crippen LogP contribution is 2.45. The molecule has 5 rings (SSSR count). The predicted octanol–water partition coefficient (Wildman–Crippen LogP) is 4.96. The van der Waals surface area contributed by atoms with E-state index in [1.165, 1.54) is 38.9 Å². The largest absolute Gasteiger partial charge is 0.364 e. The number of hydrogen-bond acceptors (Lipinski definition) is 4. The maximum Gasteiger partial charge on any atom is 0.364 e. The summed E-state index contributed by atoms with van der Waals surface area (Å²) in [6.07, 6.45) is 0. The van der Waals surface area contributed by atoms with Crippen LogP contribution in [-0.4, -0.2) is 0 Å². The van der Waals surface area contributed by atoms with E-state index in [-0.39, 0.29) is 0 Å². The zero-order valence-electron chi connectivity index (χ0n) is 22.7. The summed E-state index contributed by atoms with van der Waals surface area (Å²) in [7, 11) is -4.94. The summed E-state index contributed by atoms with van der Waals surface area (Å²) in [4.78, 5) is 0. The lowest BCUT2D eigenvalue weighted by Gasteiger charge is -2.17. The van der Waals surface area contributed by atoms with Crippen LogP contribution in [0.25, 0.3) is 44.9 Å². The van der Waals surface area contributed by atoms with Crippen molar-refractivity contribution in [1.82, 2.24) is 0 Å². The maximum absolute atomic E-state index is 8.49. The first-order valence-corrected chi connectivity index (χ1v) is 13.9. The molecule has 0 spiro atoms. The molecule has 1 heterocycles. The topological polar surface area (TPSA) is 104 Å². The van der Waals surface area contributed by atoms with Gasteiger partial charge in [-0.1, -0.05) is 74.5 Å². The minimum absolute atomic E-state index is 0.486. The Morgan fingerprint density at radius 2 is 1.18 bits per heavy atom. The van der Waals surface area contributed by atoms with Crippen molar-refractivity contribution in [3.05, 3.63) is 113 Å². The molecule has 0 bridgehead atoms. The Hall–Kier alpha value is -3.58. The van der Waals surface area contributed by atoms with E-state index < -0.39 is 10.2 Å². The molecule has 2 aromatic carbocycles. The Bertz CT molecular complexity index is 1530. The SMILES string of the molecule is Cc1cc(-c2cc(-c3ccccc3)[o+]c(-c3ccccc3)c2C)c2c(C)ccc(C(C)C)cc1-2.[O-][Cl+3]([O-])([O-])[O-]. The Kier molecular flexibility index (Phi) is 8.50. The van der Waals surface area contributed by atoms with Gasteiger partial charge in [-0.25, -0.2) is 23.1 Å². The molecule has 1 aromatic heterocycles. The Morgan fingerprint density at radius 3 is 1.74 bits per heavy atom. The minimum atomic E-state index is -4.94. The molecule has 2 aliphatic carbocycles. The van der Waals surface area contributed by atoms with Crippen LogP contribution in [0.1, 0.15) is 42.0 Å². The van der Waals surface area contributed by atoms with Gasteiger partial charge in [0.1, 0.15) is 0 Å². The molecule has 0 fully saturated rings. The van der Waals surface area contributed by atoms with Crippen molar-refractivity contribution < 1.29 is 33.3 Å². The van der Waals surface area contributed by atoms with Gasteiger partial charge in [0.05, 0.1) is 22.8 Å². The quantitative estimate of drug-likeness (QED) is 0.299. The van der Waals surface area contributed by atoms with E-state index in [2.05, 4.69) is 113 Å². The lowest BCUT2D eigenvalue weighted by Crippen LogP contribution is -2.68. The molecule has 6 heteroatoms. The first-order chi connectivity index (χ1) is 18.4. The van der Waals surface area contributed by atoms with Crippen molar-refractivity contribution >= 4 is 0 Å². The van der Waals surface area contributed by atoms with Gasteiger partial charge < -0.3 is 0 Å². The van der Waals surface area contributed by atoms with Crippen LogP contribution in [0.5, 0.6) is 0 Å². The van der Waals surface area contributed by atoms with Crippen LogP contribution in [0.15, 0.2) is 95.4 Å². The molecular formula is C33H31ClO5. The van der Waals surface area contributed by atoms with Crippen LogP contribution in [0.4, 0.5) is 0 Å². The second-order valence-electron chi connectivity index (χ2n) is 9.93. The summed E-state index contributed by atoms with van der Waals surface area (Å²) in [6, 6.07) is 32.3. The monoisotopic (exact) mass is 542 g/mol. The summed E-state index contributed by atoms with van der Waals surface area (Å²) < 4.78 is 40.5. The predicted molar refractivity (Wildman–Crippen MR) is 144 cm³/mol. The zero-order valence-corrected chi connectivity index (χ0v) is 23.4. The molecule has 0 amide bonds. The zero-order chi connectivity index (χ0) is 28.3. The highest BCUT2D eigenvalue weighted by molar-refractivity contribution is 5.93. The fourth-order valence-corrected chi connectivity index (χ4v) is 4.88. The van der Waals surface area contributed by atoms with Crippen LogP contribution >= 0.6 is 0 Å². The molecule has 5 nitrogen and oxygen atoms in total. The van der Waals surface area contributed by atoms with E-state index in [0.29, 0.717) is 5.92 Å². The molecule has 200 valence electrons. The third kappa shape index (κ3) is 6.71. The number of hydrogen-bond donors (Lipinski definition) is 0. The van der Waals surface area contributed by atoms with Gasteiger partial charge in [-0.3, -0.25) is 0 Å². The molecular weight excluding hydrogens is 512 g/mol. The normalized spacial score (nSPS) is 11.4. The minimum Gasteiger partial charge on any atom is -0.222 e. The molecule has 0 saturated heterocycles. The molecule has 39 heavy (non-hydrogen) atoms. The third-order valence-corrected chi connectivity index (χ3v) is 6.84. The van der Waals surface area contributed by atoms with E-state index in [1.54, 1.807) is 0 Å². The molecule has 0 N–H and O–H groups in total. The van der Waals surface area contributed by atoms with Crippen molar-refractivity contribution in [2.75, 3.05) is 0 Å². The van der Waals surface area contributed by atoms with Gasteiger partial charge in [0.2, 0.25) is 0 Å². The maximum atomic E-state index is 8.49. The number of fused-ring (bicyclic) bond motifs is 1. The van der Waals surface area contributed by atoms with Crippen LogP contribution in [0.2, 0.25) is 0 Å². The fraction of sp³-hybridized carbons (Fsp3) is 0.182. The fourth-order valence-electron chi connectivity index (χ4n) is 4.88. The van der Waals surface area contributed by atoms with Gasteiger partial charge in [0.15, 0.2) is 0 Å². The van der Waals surface area contributed by atoms with E-state index in [9.17, 15) is 0 Å². The highest BCUT2D eigenvalue weighted by atomic mass is 35.7. The highest BCUT2D eigenvalue weighted by Gasteiger charge is 2.28. The number of rotatable bonds is 4. The summed E-state index contributed by atoms with van der Waals surface area (Å²) in [5.74, 6) is 2.29. The van der Waals surface area contributed by atoms with Crippen molar-refractivity contribution in [2.24, 2.45) is 0 Å². The first kappa shape index (κ1) is 28.4. The second kappa shape index (κ2) is 11.7. The van der Waals surface area contributed by atoms with Crippen molar-refractivity contribution in [1.29, 1.82) is 0 Å². The smallest absolute Gasteiger partial charge is 0.222 e. The molecule has 0 radical (unpaired) electrons. The number of halogens is 1. The Morgan fingerprint density at radius 1 is 0.615 bits per heavy atom. The van der Waals surface area contributed by atoms with Gasteiger partial charge in [-0.2, -0.15) is 0 Å². The van der Waals surface area contributed by atoms with Crippen LogP contribution in [0.3, 0.4) is 0 Å². The Labute approximate surface area is 231 Å². The van der Waals surface area contributed by atoms with Crippen LogP contribution < -0.4 is 18.6 Å². The van der Waals surface area contributed by atoms with Crippen LogP contribution in [0, 0.1) is 31.0 Å². The van der Waals surface area contributed by atoms with E-state index in [1.807, 2.05) is 12.1 Å². The van der Waals surface area contributed by atoms with Gasteiger partial charge >= 0.3 is 11.5 Å².